The van der Waals surface area contributed by atoms with Crippen molar-refractivity contribution in [3.8, 4) is 0 Å². The van der Waals surface area contributed by atoms with Crippen molar-refractivity contribution in [1.82, 2.24) is 19.8 Å². The van der Waals surface area contributed by atoms with Crippen LogP contribution in [0.2, 0.25) is 0 Å². The topological polar surface area (TPSA) is 113 Å². The lowest BCUT2D eigenvalue weighted by atomic mass is 10.1. The first-order chi connectivity index (χ1) is 14.5. The molecule has 1 aliphatic rings. The summed E-state index contributed by atoms with van der Waals surface area (Å²) in [5.41, 5.74) is 1.86. The van der Waals surface area contributed by atoms with Crippen LogP contribution in [0.3, 0.4) is 0 Å². The third-order valence-corrected chi connectivity index (χ3v) is 6.33. The minimum absolute atomic E-state index is 0.217. The molecule has 1 aliphatic heterocycles. The number of aromatic nitrogens is 3. The van der Waals surface area contributed by atoms with Gasteiger partial charge in [0.2, 0.25) is 16.0 Å². The summed E-state index contributed by atoms with van der Waals surface area (Å²) in [5, 5.41) is 7.71. The van der Waals surface area contributed by atoms with Crippen molar-refractivity contribution < 1.29 is 12.9 Å². The van der Waals surface area contributed by atoms with E-state index in [2.05, 4.69) is 30.1 Å². The fourth-order valence-corrected chi connectivity index (χ4v) is 4.65. The Hall–Kier alpha value is -2.72. The Kier molecular flexibility index (Phi) is 6.14. The number of rotatable bonds is 8. The van der Waals surface area contributed by atoms with Crippen molar-refractivity contribution in [3.05, 3.63) is 41.7 Å². The van der Waals surface area contributed by atoms with Gasteiger partial charge in [-0.3, -0.25) is 0 Å². The van der Waals surface area contributed by atoms with E-state index < -0.39 is 10.0 Å². The molecule has 0 bridgehead atoms. The van der Waals surface area contributed by atoms with Crippen LogP contribution in [-0.2, 0) is 15.8 Å². The first-order valence-electron chi connectivity index (χ1n) is 10.2. The lowest BCUT2D eigenvalue weighted by molar-refractivity contribution is 0.448. The highest BCUT2D eigenvalue weighted by Crippen LogP contribution is 2.20. The maximum atomic E-state index is 12.4. The quantitative estimate of drug-likeness (QED) is 0.524. The predicted molar refractivity (Wildman–Crippen MR) is 116 cm³/mol. The maximum Gasteiger partial charge on any atom is 0.224 e. The van der Waals surface area contributed by atoms with Crippen LogP contribution in [0.25, 0.3) is 11.0 Å². The van der Waals surface area contributed by atoms with Crippen LogP contribution in [0.4, 0.5) is 11.8 Å². The minimum atomic E-state index is -3.55. The number of hydrogen-bond acceptors (Lipinski definition) is 8. The molecule has 160 valence electrons. The van der Waals surface area contributed by atoms with E-state index in [1.165, 1.54) is 19.3 Å². The summed E-state index contributed by atoms with van der Waals surface area (Å²) in [6.45, 7) is 4.54. The maximum absolute atomic E-state index is 12.4. The summed E-state index contributed by atoms with van der Waals surface area (Å²) in [7, 11) is -3.55. The Morgan fingerprint density at radius 2 is 1.90 bits per heavy atom. The molecule has 1 fully saturated rings. The number of piperidine rings is 1. The van der Waals surface area contributed by atoms with Gasteiger partial charge in [0.25, 0.3) is 0 Å². The zero-order chi connectivity index (χ0) is 21.0. The van der Waals surface area contributed by atoms with Crippen molar-refractivity contribution >= 4 is 32.8 Å². The van der Waals surface area contributed by atoms with Crippen LogP contribution in [0.15, 0.2) is 34.9 Å². The van der Waals surface area contributed by atoms with Gasteiger partial charge < -0.3 is 14.7 Å². The number of nitrogens with zero attached hydrogens (tertiary/aromatic N) is 4. The van der Waals surface area contributed by atoms with E-state index in [1.807, 2.05) is 25.1 Å². The standard InChI is InChI=1S/C20H26N6O3S/c1-15-13-19(26-11-5-2-6-12-26)24-20(23-15)21-9-10-22-30(27,28)14-17-16-7-3-4-8-18(16)29-25-17/h3-4,7-8,13,22H,2,5-6,9-12,14H2,1H3,(H,21,23,24). The molecule has 4 rings (SSSR count). The zero-order valence-corrected chi connectivity index (χ0v) is 17.8. The first-order valence-corrected chi connectivity index (χ1v) is 11.8. The number of benzene rings is 1. The highest BCUT2D eigenvalue weighted by atomic mass is 32.2. The van der Waals surface area contributed by atoms with E-state index in [1.54, 1.807) is 12.1 Å². The van der Waals surface area contributed by atoms with Crippen molar-refractivity contribution in [1.29, 1.82) is 0 Å². The first kappa shape index (κ1) is 20.5. The molecule has 0 atom stereocenters. The molecule has 2 aromatic heterocycles. The van der Waals surface area contributed by atoms with Gasteiger partial charge in [0.15, 0.2) is 5.58 Å². The largest absolute Gasteiger partial charge is 0.356 e. The van der Waals surface area contributed by atoms with Gasteiger partial charge in [0, 0.05) is 43.3 Å². The van der Waals surface area contributed by atoms with E-state index in [-0.39, 0.29) is 12.3 Å². The molecule has 0 spiro atoms. The molecule has 1 aromatic carbocycles. The zero-order valence-electron chi connectivity index (χ0n) is 17.0. The lowest BCUT2D eigenvalue weighted by Gasteiger charge is -2.28. The second-order valence-electron chi connectivity index (χ2n) is 7.44. The number of hydrogen-bond donors (Lipinski definition) is 2. The highest BCUT2D eigenvalue weighted by Gasteiger charge is 2.17. The molecule has 0 aliphatic carbocycles. The number of aryl methyl sites for hydroxylation is 1. The van der Waals surface area contributed by atoms with Gasteiger partial charge in [-0.25, -0.2) is 18.1 Å². The molecule has 1 saturated heterocycles. The van der Waals surface area contributed by atoms with Crippen LogP contribution in [0, 0.1) is 6.92 Å². The summed E-state index contributed by atoms with van der Waals surface area (Å²) >= 11 is 0. The summed E-state index contributed by atoms with van der Waals surface area (Å²) < 4.78 is 32.6. The molecule has 2 N–H and O–H groups in total. The summed E-state index contributed by atoms with van der Waals surface area (Å²) in [6.07, 6.45) is 3.61. The lowest BCUT2D eigenvalue weighted by Crippen LogP contribution is -2.31. The van der Waals surface area contributed by atoms with E-state index in [4.69, 9.17) is 4.52 Å². The molecule has 3 heterocycles. The minimum Gasteiger partial charge on any atom is -0.356 e. The fraction of sp³-hybridized carbons (Fsp3) is 0.450. The number of anilines is 2. The number of fused-ring (bicyclic) bond motifs is 1. The molecule has 3 aromatic rings. The Labute approximate surface area is 175 Å². The molecule has 0 unspecified atom stereocenters. The van der Waals surface area contributed by atoms with Gasteiger partial charge in [-0.15, -0.1) is 0 Å². The van der Waals surface area contributed by atoms with Gasteiger partial charge in [0.05, 0.1) is 0 Å². The van der Waals surface area contributed by atoms with Crippen molar-refractivity contribution in [3.63, 3.8) is 0 Å². The number of nitrogens with one attached hydrogen (secondary N) is 2. The number of sulfonamides is 1. The van der Waals surface area contributed by atoms with E-state index in [9.17, 15) is 8.42 Å². The third-order valence-electron chi connectivity index (χ3n) is 5.03. The molecule has 0 amide bonds. The van der Waals surface area contributed by atoms with Gasteiger partial charge in [-0.05, 0) is 38.3 Å². The Morgan fingerprint density at radius 3 is 2.73 bits per heavy atom. The summed E-state index contributed by atoms with van der Waals surface area (Å²) in [6, 6.07) is 9.19. The smallest absolute Gasteiger partial charge is 0.224 e. The van der Waals surface area contributed by atoms with E-state index in [0.29, 0.717) is 29.2 Å². The average molecular weight is 431 g/mol. The fourth-order valence-electron chi connectivity index (χ4n) is 3.57. The van der Waals surface area contributed by atoms with E-state index >= 15 is 0 Å². The molecule has 10 heteroatoms. The molecule has 0 saturated carbocycles. The van der Waals surface area contributed by atoms with Crippen LogP contribution in [-0.4, -0.2) is 49.7 Å². The van der Waals surface area contributed by atoms with Gasteiger partial charge in [-0.2, -0.15) is 4.98 Å². The van der Waals surface area contributed by atoms with Gasteiger partial charge in [0.1, 0.15) is 17.3 Å². The van der Waals surface area contributed by atoms with Crippen molar-refractivity contribution in [2.75, 3.05) is 36.4 Å². The van der Waals surface area contributed by atoms with Crippen LogP contribution in [0.5, 0.6) is 0 Å². The summed E-state index contributed by atoms with van der Waals surface area (Å²) in [5.74, 6) is 1.20. The van der Waals surface area contributed by atoms with E-state index in [0.717, 1.165) is 24.6 Å². The normalized spacial score (nSPS) is 14.9. The van der Waals surface area contributed by atoms with Crippen molar-refractivity contribution in [2.24, 2.45) is 0 Å². The predicted octanol–water partition coefficient (Wildman–Crippen LogP) is 2.45. The molecule has 9 nitrogen and oxygen atoms in total. The molecular weight excluding hydrogens is 404 g/mol. The summed E-state index contributed by atoms with van der Waals surface area (Å²) in [4.78, 5) is 11.3. The SMILES string of the molecule is Cc1cc(N2CCCCC2)nc(NCCNS(=O)(=O)Cc2noc3ccccc23)n1. The van der Waals surface area contributed by atoms with Crippen LogP contribution in [0.1, 0.15) is 30.7 Å². The molecule has 0 radical (unpaired) electrons. The Bertz CT molecular complexity index is 1110. The number of para-hydroxylation sites is 1. The van der Waals surface area contributed by atoms with Gasteiger partial charge in [-0.1, -0.05) is 17.3 Å². The van der Waals surface area contributed by atoms with Crippen LogP contribution >= 0.6 is 0 Å². The highest BCUT2D eigenvalue weighted by molar-refractivity contribution is 7.88. The molecular formula is C20H26N6O3S. The van der Waals surface area contributed by atoms with Crippen LogP contribution < -0.4 is 14.9 Å². The molecule has 30 heavy (non-hydrogen) atoms. The second kappa shape index (κ2) is 8.97. The Balaban J connectivity index is 1.31. The average Bonchev–Trinajstić information content (AvgIpc) is 3.14. The van der Waals surface area contributed by atoms with Crippen molar-refractivity contribution in [2.45, 2.75) is 31.9 Å². The van der Waals surface area contributed by atoms with Gasteiger partial charge >= 0.3 is 0 Å². The monoisotopic (exact) mass is 430 g/mol. The Morgan fingerprint density at radius 1 is 1.10 bits per heavy atom. The third kappa shape index (κ3) is 5.06. The second-order valence-corrected chi connectivity index (χ2v) is 9.25.